The number of nitrogens with two attached hydrogens (primary N) is 1. The van der Waals surface area contributed by atoms with E-state index < -0.39 is 12.0 Å². The average molecular weight is 216 g/mol. The Morgan fingerprint density at radius 2 is 1.87 bits per heavy atom. The number of aliphatic carboxylic acids is 1. The first kappa shape index (κ1) is 14.4. The fourth-order valence-corrected chi connectivity index (χ4v) is 1.36. The maximum absolute atomic E-state index is 10.4. The van der Waals surface area contributed by atoms with Crippen LogP contribution in [0.2, 0.25) is 0 Å². The van der Waals surface area contributed by atoms with Gasteiger partial charge in [-0.3, -0.25) is 4.79 Å². The molecule has 0 spiro atoms. The maximum Gasteiger partial charge on any atom is 0.320 e. The highest BCUT2D eigenvalue weighted by Crippen LogP contribution is 1.98. The van der Waals surface area contributed by atoms with Crippen LogP contribution in [0.4, 0.5) is 0 Å². The number of carboxylic acid groups (broad SMARTS) is 1. The third-order valence-corrected chi connectivity index (χ3v) is 2.39. The van der Waals surface area contributed by atoms with Gasteiger partial charge in [-0.2, -0.15) is 0 Å². The molecule has 0 aromatic rings. The summed E-state index contributed by atoms with van der Waals surface area (Å²) in [5, 5.41) is 11.9. The van der Waals surface area contributed by atoms with Crippen molar-refractivity contribution >= 4 is 5.97 Å². The van der Waals surface area contributed by atoms with E-state index in [1.807, 2.05) is 0 Å². The lowest BCUT2D eigenvalue weighted by molar-refractivity contribution is -0.138. The van der Waals surface area contributed by atoms with Crippen molar-refractivity contribution in [3.63, 3.8) is 0 Å². The summed E-state index contributed by atoms with van der Waals surface area (Å²) in [4.78, 5) is 10.4. The molecule has 0 heterocycles. The molecule has 0 bridgehead atoms. The molecule has 0 fully saturated rings. The zero-order chi connectivity index (χ0) is 11.5. The van der Waals surface area contributed by atoms with Crippen molar-refractivity contribution in [2.24, 2.45) is 5.73 Å². The molecule has 0 aliphatic rings. The minimum absolute atomic E-state index is 0.575. The summed E-state index contributed by atoms with van der Waals surface area (Å²) < 4.78 is 0. The Bertz CT molecular complexity index is 163. The van der Waals surface area contributed by atoms with Gasteiger partial charge in [0.05, 0.1) is 0 Å². The second-order valence-corrected chi connectivity index (χ2v) is 3.90. The largest absolute Gasteiger partial charge is 0.480 e. The lowest BCUT2D eigenvalue weighted by Crippen LogP contribution is -2.30. The normalized spacial score (nSPS) is 12.7. The zero-order valence-corrected chi connectivity index (χ0v) is 9.67. The molecule has 0 rings (SSSR count). The molecule has 4 N–H and O–H groups in total. The van der Waals surface area contributed by atoms with Crippen LogP contribution in [0.1, 0.15) is 45.4 Å². The number of unbranched alkanes of at least 4 members (excludes halogenated alkanes) is 3. The standard InChI is InChI=1S/C11H24N2O2/c1-2-3-5-8-13-9-6-4-7-10(12)11(14)15/h10,13H,2-9,12H2,1H3,(H,14,15)/t10-/m0/s1. The first-order chi connectivity index (χ1) is 7.18. The molecule has 0 aromatic carbocycles. The van der Waals surface area contributed by atoms with Gasteiger partial charge in [0.15, 0.2) is 0 Å². The number of nitrogens with one attached hydrogen (secondary N) is 1. The zero-order valence-electron chi connectivity index (χ0n) is 9.67. The van der Waals surface area contributed by atoms with Gasteiger partial charge in [0.1, 0.15) is 6.04 Å². The van der Waals surface area contributed by atoms with E-state index in [9.17, 15) is 4.79 Å². The topological polar surface area (TPSA) is 75.3 Å². The molecule has 0 aliphatic carbocycles. The van der Waals surface area contributed by atoms with Gasteiger partial charge >= 0.3 is 5.97 Å². The number of hydrogen-bond acceptors (Lipinski definition) is 3. The highest BCUT2D eigenvalue weighted by Gasteiger charge is 2.09. The summed E-state index contributed by atoms with van der Waals surface area (Å²) in [5.74, 6) is -0.897. The van der Waals surface area contributed by atoms with E-state index in [4.69, 9.17) is 10.8 Å². The lowest BCUT2D eigenvalue weighted by Gasteiger charge is -2.06. The van der Waals surface area contributed by atoms with Crippen LogP contribution < -0.4 is 11.1 Å². The Morgan fingerprint density at radius 3 is 2.40 bits per heavy atom. The molecule has 0 amide bonds. The van der Waals surface area contributed by atoms with Gasteiger partial charge in [-0.25, -0.2) is 0 Å². The predicted molar refractivity (Wildman–Crippen MR) is 61.9 cm³/mol. The first-order valence-corrected chi connectivity index (χ1v) is 5.87. The summed E-state index contributed by atoms with van der Waals surface area (Å²) in [6.07, 6.45) is 6.21. The van der Waals surface area contributed by atoms with Crippen molar-refractivity contribution in [3.05, 3.63) is 0 Å². The van der Waals surface area contributed by atoms with Crippen LogP contribution >= 0.6 is 0 Å². The fraction of sp³-hybridized carbons (Fsp3) is 0.909. The van der Waals surface area contributed by atoms with E-state index in [0.29, 0.717) is 6.42 Å². The molecule has 1 atom stereocenters. The summed E-state index contributed by atoms with van der Waals surface area (Å²) in [6.45, 7) is 4.22. The van der Waals surface area contributed by atoms with Gasteiger partial charge in [0.25, 0.3) is 0 Å². The molecule has 0 aliphatic heterocycles. The van der Waals surface area contributed by atoms with Crippen LogP contribution in [0.25, 0.3) is 0 Å². The minimum Gasteiger partial charge on any atom is -0.480 e. The van der Waals surface area contributed by atoms with E-state index in [0.717, 1.165) is 25.9 Å². The first-order valence-electron chi connectivity index (χ1n) is 5.87. The Morgan fingerprint density at radius 1 is 1.27 bits per heavy atom. The minimum atomic E-state index is -0.897. The van der Waals surface area contributed by atoms with Crippen molar-refractivity contribution in [1.29, 1.82) is 0 Å². The second kappa shape index (κ2) is 9.93. The molecular weight excluding hydrogens is 192 g/mol. The predicted octanol–water partition coefficient (Wildman–Crippen LogP) is 1.35. The van der Waals surface area contributed by atoms with E-state index in [2.05, 4.69) is 12.2 Å². The van der Waals surface area contributed by atoms with Gasteiger partial charge < -0.3 is 16.2 Å². The van der Waals surface area contributed by atoms with Gasteiger partial charge in [-0.05, 0) is 32.4 Å². The van der Waals surface area contributed by atoms with Crippen LogP contribution in [0.3, 0.4) is 0 Å². The van der Waals surface area contributed by atoms with Crippen molar-refractivity contribution < 1.29 is 9.90 Å². The Kier molecular flexibility index (Phi) is 9.52. The number of carboxylic acids is 1. The summed E-state index contributed by atoms with van der Waals surface area (Å²) in [6, 6.07) is -0.690. The van der Waals surface area contributed by atoms with E-state index in [1.165, 1.54) is 19.3 Å². The molecule has 90 valence electrons. The Balaban J connectivity index is 3.08. The Hall–Kier alpha value is -0.610. The van der Waals surface area contributed by atoms with Crippen molar-refractivity contribution in [2.75, 3.05) is 13.1 Å². The van der Waals surface area contributed by atoms with Crippen molar-refractivity contribution in [1.82, 2.24) is 5.32 Å². The van der Waals surface area contributed by atoms with Crippen LogP contribution in [0.5, 0.6) is 0 Å². The van der Waals surface area contributed by atoms with Crippen LogP contribution in [0.15, 0.2) is 0 Å². The van der Waals surface area contributed by atoms with E-state index >= 15 is 0 Å². The summed E-state index contributed by atoms with van der Waals surface area (Å²) in [5.41, 5.74) is 5.38. The summed E-state index contributed by atoms with van der Waals surface area (Å²) in [7, 11) is 0. The molecule has 4 heteroatoms. The van der Waals surface area contributed by atoms with Gasteiger partial charge in [0.2, 0.25) is 0 Å². The van der Waals surface area contributed by atoms with Crippen LogP contribution in [-0.2, 0) is 4.79 Å². The molecule has 4 nitrogen and oxygen atoms in total. The van der Waals surface area contributed by atoms with E-state index in [1.54, 1.807) is 0 Å². The highest BCUT2D eigenvalue weighted by molar-refractivity contribution is 5.72. The second-order valence-electron chi connectivity index (χ2n) is 3.90. The van der Waals surface area contributed by atoms with Gasteiger partial charge in [0, 0.05) is 0 Å². The molecule has 0 radical (unpaired) electrons. The highest BCUT2D eigenvalue weighted by atomic mass is 16.4. The smallest absolute Gasteiger partial charge is 0.320 e. The van der Waals surface area contributed by atoms with Crippen molar-refractivity contribution in [2.45, 2.75) is 51.5 Å². The monoisotopic (exact) mass is 216 g/mol. The third kappa shape index (κ3) is 9.69. The molecular formula is C11H24N2O2. The van der Waals surface area contributed by atoms with Gasteiger partial charge in [-0.15, -0.1) is 0 Å². The number of rotatable bonds is 10. The van der Waals surface area contributed by atoms with Crippen LogP contribution in [0, 0.1) is 0 Å². The lowest BCUT2D eigenvalue weighted by atomic mass is 10.1. The van der Waals surface area contributed by atoms with E-state index in [-0.39, 0.29) is 0 Å². The number of carbonyl (C=O) groups is 1. The van der Waals surface area contributed by atoms with Gasteiger partial charge in [-0.1, -0.05) is 26.2 Å². The Labute approximate surface area is 92.2 Å². The third-order valence-electron chi connectivity index (χ3n) is 2.39. The fourth-order valence-electron chi connectivity index (χ4n) is 1.36. The quantitative estimate of drug-likeness (QED) is 0.482. The molecule has 0 aromatic heterocycles. The molecule has 0 saturated carbocycles. The summed E-state index contributed by atoms with van der Waals surface area (Å²) >= 11 is 0. The number of hydrogen-bond donors (Lipinski definition) is 3. The van der Waals surface area contributed by atoms with Crippen molar-refractivity contribution in [3.8, 4) is 0 Å². The van der Waals surface area contributed by atoms with Crippen LogP contribution in [-0.4, -0.2) is 30.2 Å². The SMILES string of the molecule is CCCCCNCCCC[C@H](N)C(=O)O. The molecule has 15 heavy (non-hydrogen) atoms. The molecule has 0 saturated heterocycles. The molecule has 0 unspecified atom stereocenters. The average Bonchev–Trinajstić information content (AvgIpc) is 2.21. The maximum atomic E-state index is 10.4.